The molecule has 1 aliphatic rings. The minimum atomic E-state index is -4.34. The third-order valence-electron chi connectivity index (χ3n) is 4.70. The molecule has 2 heterocycles. The Balaban J connectivity index is 1.63. The van der Waals surface area contributed by atoms with E-state index in [-0.39, 0.29) is 18.2 Å². The number of halogens is 4. The van der Waals surface area contributed by atoms with Gasteiger partial charge in [0.2, 0.25) is 0 Å². The summed E-state index contributed by atoms with van der Waals surface area (Å²) in [7, 11) is 1.46. The molecule has 3 rings (SSSR count). The van der Waals surface area contributed by atoms with E-state index in [9.17, 15) is 13.2 Å². The van der Waals surface area contributed by atoms with E-state index in [2.05, 4.69) is 15.3 Å². The minimum Gasteiger partial charge on any atom is -0.467 e. The van der Waals surface area contributed by atoms with Crippen LogP contribution in [-0.2, 0) is 10.9 Å². The van der Waals surface area contributed by atoms with Gasteiger partial charge >= 0.3 is 12.2 Å². The molecular weight excluding hydrogens is 395 g/mol. The van der Waals surface area contributed by atoms with Gasteiger partial charge < -0.3 is 14.8 Å². The van der Waals surface area contributed by atoms with Crippen molar-refractivity contribution in [2.45, 2.75) is 44.6 Å². The Bertz CT molecular complexity index is 815. The van der Waals surface area contributed by atoms with Gasteiger partial charge in [-0.3, -0.25) is 0 Å². The van der Waals surface area contributed by atoms with Gasteiger partial charge in [-0.25, -0.2) is 0 Å². The van der Waals surface area contributed by atoms with Crippen LogP contribution in [-0.4, -0.2) is 29.7 Å². The van der Waals surface area contributed by atoms with E-state index >= 15 is 0 Å². The molecule has 1 aliphatic heterocycles. The molecule has 152 valence electrons. The van der Waals surface area contributed by atoms with E-state index in [1.54, 1.807) is 6.92 Å². The lowest BCUT2D eigenvalue weighted by atomic mass is 9.97. The van der Waals surface area contributed by atoms with E-state index < -0.39 is 11.7 Å². The molecule has 1 aromatic carbocycles. The van der Waals surface area contributed by atoms with Crippen LogP contribution in [0.25, 0.3) is 0 Å². The molecule has 28 heavy (non-hydrogen) atoms. The zero-order chi connectivity index (χ0) is 20.3. The average Bonchev–Trinajstić information content (AvgIpc) is 2.68. The maximum atomic E-state index is 12.7. The van der Waals surface area contributed by atoms with Crippen LogP contribution in [0.15, 0.2) is 24.3 Å². The molecule has 0 radical (unpaired) electrons. The van der Waals surface area contributed by atoms with Crippen LogP contribution in [0.1, 0.15) is 42.1 Å². The number of anilines is 1. The molecule has 2 aromatic rings. The monoisotopic (exact) mass is 415 g/mol. The summed E-state index contributed by atoms with van der Waals surface area (Å²) >= 11 is 6.08. The number of benzene rings is 1. The summed E-state index contributed by atoms with van der Waals surface area (Å²) < 4.78 is 49.3. The third-order valence-corrected chi connectivity index (χ3v) is 5.07. The molecular formula is C19H21ClF3N3O2. The molecule has 1 saturated heterocycles. The van der Waals surface area contributed by atoms with Gasteiger partial charge in [0, 0.05) is 12.1 Å². The van der Waals surface area contributed by atoms with Crippen molar-refractivity contribution in [1.29, 1.82) is 0 Å². The van der Waals surface area contributed by atoms with Gasteiger partial charge in [0.25, 0.3) is 0 Å². The second-order valence-electron chi connectivity index (χ2n) is 6.65. The molecule has 2 atom stereocenters. The standard InChI is InChI=1S/C19H21ClF3N3O2/c1-11-16(20)25-18(27-2)26-17(11)24-10-14-4-3-5-15(28-14)12-6-8-13(9-7-12)19(21,22)23/h6-9,14-15H,3-5,10H2,1-2H3,(H,24,25,26). The molecule has 0 aliphatic carbocycles. The average molecular weight is 416 g/mol. The Morgan fingerprint density at radius 1 is 1.21 bits per heavy atom. The SMILES string of the molecule is COc1nc(Cl)c(C)c(NCC2CCCC(c3ccc(C(F)(F)F)cc3)O2)n1. The van der Waals surface area contributed by atoms with Gasteiger partial charge in [-0.1, -0.05) is 23.7 Å². The van der Waals surface area contributed by atoms with Crippen molar-refractivity contribution in [3.63, 3.8) is 0 Å². The first kappa shape index (κ1) is 20.7. The highest BCUT2D eigenvalue weighted by Crippen LogP contribution is 2.34. The first-order chi connectivity index (χ1) is 13.3. The smallest absolute Gasteiger partial charge is 0.416 e. The van der Waals surface area contributed by atoms with E-state index in [1.807, 2.05) is 0 Å². The lowest BCUT2D eigenvalue weighted by Crippen LogP contribution is -2.29. The highest BCUT2D eigenvalue weighted by atomic mass is 35.5. The Morgan fingerprint density at radius 3 is 2.57 bits per heavy atom. The summed E-state index contributed by atoms with van der Waals surface area (Å²) in [5.74, 6) is 0.567. The van der Waals surface area contributed by atoms with Gasteiger partial charge in [-0.15, -0.1) is 0 Å². The number of nitrogens with one attached hydrogen (secondary N) is 1. The lowest BCUT2D eigenvalue weighted by molar-refractivity contribution is -0.137. The van der Waals surface area contributed by atoms with E-state index in [1.165, 1.54) is 19.2 Å². The van der Waals surface area contributed by atoms with Crippen LogP contribution in [0, 0.1) is 6.92 Å². The normalized spacial score (nSPS) is 20.1. The van der Waals surface area contributed by atoms with Crippen molar-refractivity contribution >= 4 is 17.4 Å². The zero-order valence-electron chi connectivity index (χ0n) is 15.5. The predicted molar refractivity (Wildman–Crippen MR) is 99.7 cm³/mol. The van der Waals surface area contributed by atoms with Crippen molar-refractivity contribution < 1.29 is 22.6 Å². The fourth-order valence-corrected chi connectivity index (χ4v) is 3.29. The molecule has 9 heteroatoms. The maximum Gasteiger partial charge on any atom is 0.416 e. The molecule has 2 unspecified atom stereocenters. The molecule has 0 saturated carbocycles. The molecule has 0 spiro atoms. The highest BCUT2D eigenvalue weighted by molar-refractivity contribution is 6.30. The fraction of sp³-hybridized carbons (Fsp3) is 0.474. The van der Waals surface area contributed by atoms with Crippen LogP contribution in [0.3, 0.4) is 0 Å². The number of nitrogens with zero attached hydrogens (tertiary/aromatic N) is 2. The summed E-state index contributed by atoms with van der Waals surface area (Å²) in [4.78, 5) is 8.26. The molecule has 1 fully saturated rings. The third kappa shape index (κ3) is 4.86. The largest absolute Gasteiger partial charge is 0.467 e. The molecule has 0 bridgehead atoms. The summed E-state index contributed by atoms with van der Waals surface area (Å²) in [5.41, 5.74) is 0.800. The van der Waals surface area contributed by atoms with Crippen molar-refractivity contribution in [1.82, 2.24) is 9.97 Å². The summed E-state index contributed by atoms with van der Waals surface area (Å²) in [6.45, 7) is 2.30. The highest BCUT2D eigenvalue weighted by Gasteiger charge is 2.31. The predicted octanol–water partition coefficient (Wildman–Crippen LogP) is 5.19. The quantitative estimate of drug-likeness (QED) is 0.681. The number of hydrogen-bond acceptors (Lipinski definition) is 5. The van der Waals surface area contributed by atoms with E-state index in [0.717, 1.165) is 37.0 Å². The Kier molecular flexibility index (Phi) is 6.30. The van der Waals surface area contributed by atoms with Crippen molar-refractivity contribution in [3.05, 3.63) is 46.1 Å². The van der Waals surface area contributed by atoms with E-state index in [0.29, 0.717) is 23.1 Å². The second kappa shape index (κ2) is 8.53. The minimum absolute atomic E-state index is 0.0971. The van der Waals surface area contributed by atoms with Crippen LogP contribution < -0.4 is 10.1 Å². The number of aromatic nitrogens is 2. The lowest BCUT2D eigenvalue weighted by Gasteiger charge is -2.31. The van der Waals surface area contributed by atoms with Crippen LogP contribution in [0.5, 0.6) is 6.01 Å². The number of ether oxygens (including phenoxy) is 2. The molecule has 5 nitrogen and oxygen atoms in total. The molecule has 0 amide bonds. The summed E-state index contributed by atoms with van der Waals surface area (Å²) in [6.07, 6.45) is -2.12. The first-order valence-corrected chi connectivity index (χ1v) is 9.30. The number of methoxy groups -OCH3 is 1. The van der Waals surface area contributed by atoms with Crippen molar-refractivity contribution in [3.8, 4) is 6.01 Å². The Labute approximate surface area is 166 Å². The van der Waals surface area contributed by atoms with Gasteiger partial charge in [-0.2, -0.15) is 23.1 Å². The van der Waals surface area contributed by atoms with Crippen LogP contribution in [0.2, 0.25) is 5.15 Å². The Morgan fingerprint density at radius 2 is 1.93 bits per heavy atom. The second-order valence-corrected chi connectivity index (χ2v) is 7.01. The van der Waals surface area contributed by atoms with Gasteiger partial charge in [0.05, 0.1) is 24.9 Å². The molecule has 1 N–H and O–H groups in total. The van der Waals surface area contributed by atoms with Crippen LogP contribution >= 0.6 is 11.6 Å². The fourth-order valence-electron chi connectivity index (χ4n) is 3.13. The number of hydrogen-bond donors (Lipinski definition) is 1. The number of rotatable bonds is 5. The number of alkyl halides is 3. The first-order valence-electron chi connectivity index (χ1n) is 8.92. The van der Waals surface area contributed by atoms with E-state index in [4.69, 9.17) is 21.1 Å². The maximum absolute atomic E-state index is 12.7. The topological polar surface area (TPSA) is 56.3 Å². The summed E-state index contributed by atoms with van der Waals surface area (Å²) in [5, 5.41) is 3.52. The zero-order valence-corrected chi connectivity index (χ0v) is 16.3. The van der Waals surface area contributed by atoms with Crippen molar-refractivity contribution in [2.75, 3.05) is 19.0 Å². The van der Waals surface area contributed by atoms with Gasteiger partial charge in [0.1, 0.15) is 11.0 Å². The summed E-state index contributed by atoms with van der Waals surface area (Å²) in [6, 6.07) is 5.34. The van der Waals surface area contributed by atoms with Crippen LogP contribution in [0.4, 0.5) is 19.0 Å². The van der Waals surface area contributed by atoms with Gasteiger partial charge in [-0.05, 0) is 43.9 Å². The Hall–Kier alpha value is -2.06. The van der Waals surface area contributed by atoms with Crippen molar-refractivity contribution in [2.24, 2.45) is 0 Å². The van der Waals surface area contributed by atoms with Gasteiger partial charge in [0.15, 0.2) is 0 Å². The molecule has 1 aromatic heterocycles.